The van der Waals surface area contributed by atoms with Gasteiger partial charge in [-0.3, -0.25) is 10.1 Å². The van der Waals surface area contributed by atoms with Gasteiger partial charge in [-0.2, -0.15) is 0 Å². The molecular weight excluding hydrogens is 240 g/mol. The zero-order valence-corrected chi connectivity index (χ0v) is 11.6. The second-order valence-corrected chi connectivity index (χ2v) is 5.67. The van der Waals surface area contributed by atoms with Crippen LogP contribution in [-0.2, 0) is 0 Å². The summed E-state index contributed by atoms with van der Waals surface area (Å²) in [6, 6.07) is 7.50. The summed E-state index contributed by atoms with van der Waals surface area (Å²) < 4.78 is 0. The van der Waals surface area contributed by atoms with Crippen molar-refractivity contribution in [3.63, 3.8) is 0 Å². The molecule has 4 nitrogen and oxygen atoms in total. The summed E-state index contributed by atoms with van der Waals surface area (Å²) in [6.07, 6.45) is 5.30. The molecule has 104 valence electrons. The van der Waals surface area contributed by atoms with Crippen molar-refractivity contribution in [1.29, 1.82) is 0 Å². The van der Waals surface area contributed by atoms with Gasteiger partial charge in [0.15, 0.2) is 0 Å². The number of nitro groups is 1. The minimum atomic E-state index is -0.339. The van der Waals surface area contributed by atoms with Crippen molar-refractivity contribution in [2.24, 2.45) is 5.92 Å². The molecule has 19 heavy (non-hydrogen) atoms. The van der Waals surface area contributed by atoms with Crippen LogP contribution >= 0.6 is 0 Å². The molecule has 2 atom stereocenters. The van der Waals surface area contributed by atoms with Crippen LogP contribution in [0.3, 0.4) is 0 Å². The first kappa shape index (κ1) is 14.0. The number of nitrogens with zero attached hydrogens (tertiary/aromatic N) is 1. The van der Waals surface area contributed by atoms with Gasteiger partial charge >= 0.3 is 0 Å². The van der Waals surface area contributed by atoms with E-state index < -0.39 is 0 Å². The first-order valence-corrected chi connectivity index (χ1v) is 7.06. The second kappa shape index (κ2) is 6.15. The van der Waals surface area contributed by atoms with E-state index in [1.54, 1.807) is 12.1 Å². The van der Waals surface area contributed by atoms with Crippen LogP contribution in [0.1, 0.15) is 51.1 Å². The molecule has 1 aromatic carbocycles. The van der Waals surface area contributed by atoms with Crippen molar-refractivity contribution >= 4 is 5.69 Å². The molecule has 0 saturated heterocycles. The first-order valence-electron chi connectivity index (χ1n) is 7.06. The molecule has 0 aromatic heterocycles. The third kappa shape index (κ3) is 3.77. The quantitative estimate of drug-likeness (QED) is 0.626. The molecule has 0 amide bonds. The average Bonchev–Trinajstić information content (AvgIpc) is 2.34. The van der Waals surface area contributed by atoms with E-state index in [9.17, 15) is 10.1 Å². The van der Waals surface area contributed by atoms with Crippen LogP contribution in [0.2, 0.25) is 0 Å². The fourth-order valence-corrected chi connectivity index (χ4v) is 2.73. The highest BCUT2D eigenvalue weighted by Gasteiger charge is 2.21. The first-order chi connectivity index (χ1) is 9.06. The normalized spacial score (nSPS) is 18.6. The predicted molar refractivity (Wildman–Crippen MR) is 76.1 cm³/mol. The minimum Gasteiger partial charge on any atom is -0.308 e. The zero-order valence-electron chi connectivity index (χ0n) is 11.6. The fourth-order valence-electron chi connectivity index (χ4n) is 2.73. The Balaban J connectivity index is 1.92. The van der Waals surface area contributed by atoms with Gasteiger partial charge < -0.3 is 5.32 Å². The van der Waals surface area contributed by atoms with Crippen molar-refractivity contribution in [3.05, 3.63) is 39.9 Å². The second-order valence-electron chi connectivity index (χ2n) is 5.67. The van der Waals surface area contributed by atoms with Gasteiger partial charge in [0.1, 0.15) is 0 Å². The van der Waals surface area contributed by atoms with Crippen LogP contribution in [0, 0.1) is 16.0 Å². The van der Waals surface area contributed by atoms with Crippen molar-refractivity contribution in [2.45, 2.75) is 51.6 Å². The molecule has 0 radical (unpaired) electrons. The van der Waals surface area contributed by atoms with Gasteiger partial charge in [0.2, 0.25) is 0 Å². The lowest BCUT2D eigenvalue weighted by atomic mass is 9.81. The minimum absolute atomic E-state index is 0.148. The molecule has 1 saturated carbocycles. The number of benzene rings is 1. The molecule has 1 aliphatic rings. The number of nitrogens with one attached hydrogen (secondary N) is 1. The van der Waals surface area contributed by atoms with Gasteiger partial charge in [0.05, 0.1) is 4.92 Å². The third-order valence-corrected chi connectivity index (χ3v) is 4.03. The zero-order chi connectivity index (χ0) is 13.8. The molecule has 1 aliphatic carbocycles. The van der Waals surface area contributed by atoms with Crippen LogP contribution < -0.4 is 5.32 Å². The Morgan fingerprint density at radius 2 is 2.16 bits per heavy atom. The summed E-state index contributed by atoms with van der Waals surface area (Å²) in [5.74, 6) is 0.875. The molecule has 0 aliphatic heterocycles. The van der Waals surface area contributed by atoms with E-state index in [-0.39, 0.29) is 16.7 Å². The van der Waals surface area contributed by atoms with Crippen LogP contribution in [0.15, 0.2) is 24.3 Å². The summed E-state index contributed by atoms with van der Waals surface area (Å²) >= 11 is 0. The predicted octanol–water partition coefficient (Wildman–Crippen LogP) is 3.82. The van der Waals surface area contributed by atoms with Gasteiger partial charge in [0, 0.05) is 24.2 Å². The van der Waals surface area contributed by atoms with E-state index in [1.807, 2.05) is 6.07 Å². The van der Waals surface area contributed by atoms with Gasteiger partial charge in [-0.25, -0.2) is 0 Å². The monoisotopic (exact) mass is 262 g/mol. The van der Waals surface area contributed by atoms with Gasteiger partial charge in [-0.05, 0) is 31.7 Å². The topological polar surface area (TPSA) is 55.2 Å². The SMILES string of the molecule is CC(CC1CCC1)NC(C)c1cccc([N+](=O)[O-])c1. The van der Waals surface area contributed by atoms with E-state index in [1.165, 1.54) is 31.7 Å². The van der Waals surface area contributed by atoms with Gasteiger partial charge in [0.25, 0.3) is 5.69 Å². The maximum Gasteiger partial charge on any atom is 0.269 e. The molecule has 1 fully saturated rings. The van der Waals surface area contributed by atoms with E-state index >= 15 is 0 Å². The molecular formula is C15H22N2O2. The molecule has 0 spiro atoms. The third-order valence-electron chi connectivity index (χ3n) is 4.03. The van der Waals surface area contributed by atoms with Crippen LogP contribution in [0.25, 0.3) is 0 Å². The maximum atomic E-state index is 10.8. The van der Waals surface area contributed by atoms with Crippen LogP contribution in [-0.4, -0.2) is 11.0 Å². The number of non-ortho nitro benzene ring substituents is 1. The average molecular weight is 262 g/mol. The number of nitro benzene ring substituents is 1. The summed E-state index contributed by atoms with van der Waals surface area (Å²) in [4.78, 5) is 10.4. The lowest BCUT2D eigenvalue weighted by molar-refractivity contribution is -0.384. The molecule has 2 rings (SSSR count). The van der Waals surface area contributed by atoms with Crippen LogP contribution in [0.5, 0.6) is 0 Å². The Morgan fingerprint density at radius 1 is 1.42 bits per heavy atom. The number of hydrogen-bond donors (Lipinski definition) is 1. The number of hydrogen-bond acceptors (Lipinski definition) is 3. The molecule has 1 N–H and O–H groups in total. The molecule has 0 heterocycles. The lowest BCUT2D eigenvalue weighted by Gasteiger charge is -2.30. The van der Waals surface area contributed by atoms with Crippen molar-refractivity contribution < 1.29 is 4.92 Å². The standard InChI is InChI=1S/C15H22N2O2/c1-11(9-13-5-3-6-13)16-12(2)14-7-4-8-15(10-14)17(18)19/h4,7-8,10-13,16H,3,5-6,9H2,1-2H3. The van der Waals surface area contributed by atoms with E-state index in [0.717, 1.165) is 11.5 Å². The highest BCUT2D eigenvalue weighted by molar-refractivity contribution is 5.35. The largest absolute Gasteiger partial charge is 0.308 e. The summed E-state index contributed by atoms with van der Waals surface area (Å²) in [7, 11) is 0. The Morgan fingerprint density at radius 3 is 2.74 bits per heavy atom. The molecule has 0 bridgehead atoms. The summed E-state index contributed by atoms with van der Waals surface area (Å²) in [5.41, 5.74) is 1.15. The Bertz CT molecular complexity index is 444. The number of rotatable bonds is 6. The Kier molecular flexibility index (Phi) is 4.53. The summed E-state index contributed by atoms with van der Waals surface area (Å²) in [5, 5.41) is 14.3. The Labute approximate surface area is 114 Å². The Hall–Kier alpha value is -1.42. The van der Waals surface area contributed by atoms with Gasteiger partial charge in [-0.1, -0.05) is 31.4 Å². The highest BCUT2D eigenvalue weighted by Crippen LogP contribution is 2.31. The smallest absolute Gasteiger partial charge is 0.269 e. The molecule has 4 heteroatoms. The van der Waals surface area contributed by atoms with E-state index in [4.69, 9.17) is 0 Å². The van der Waals surface area contributed by atoms with Crippen molar-refractivity contribution in [3.8, 4) is 0 Å². The fraction of sp³-hybridized carbons (Fsp3) is 0.600. The van der Waals surface area contributed by atoms with E-state index in [2.05, 4.69) is 19.2 Å². The molecule has 1 aromatic rings. The van der Waals surface area contributed by atoms with Crippen LogP contribution in [0.4, 0.5) is 5.69 Å². The highest BCUT2D eigenvalue weighted by atomic mass is 16.6. The molecule has 2 unspecified atom stereocenters. The maximum absolute atomic E-state index is 10.8. The lowest BCUT2D eigenvalue weighted by Crippen LogP contribution is -2.32. The van der Waals surface area contributed by atoms with Crippen molar-refractivity contribution in [1.82, 2.24) is 5.32 Å². The van der Waals surface area contributed by atoms with E-state index in [0.29, 0.717) is 6.04 Å². The van der Waals surface area contributed by atoms with Gasteiger partial charge in [-0.15, -0.1) is 0 Å². The summed E-state index contributed by atoms with van der Waals surface area (Å²) in [6.45, 7) is 4.27. The van der Waals surface area contributed by atoms with Crippen molar-refractivity contribution in [2.75, 3.05) is 0 Å².